The van der Waals surface area contributed by atoms with Crippen LogP contribution >= 0.6 is 0 Å². The van der Waals surface area contributed by atoms with Crippen molar-refractivity contribution in [3.8, 4) is 0 Å². The van der Waals surface area contributed by atoms with Crippen LogP contribution in [0.25, 0.3) is 0 Å². The Kier molecular flexibility index (Phi) is 5.62. The molecule has 2 nitrogen and oxygen atoms in total. The van der Waals surface area contributed by atoms with Gasteiger partial charge < -0.3 is 5.32 Å². The minimum atomic E-state index is 0.458. The first-order chi connectivity index (χ1) is 9.61. The summed E-state index contributed by atoms with van der Waals surface area (Å²) in [6.45, 7) is 12.5. The Morgan fingerprint density at radius 3 is 2.55 bits per heavy atom. The second-order valence-electron chi connectivity index (χ2n) is 6.47. The van der Waals surface area contributed by atoms with Crippen molar-refractivity contribution < 1.29 is 0 Å². The van der Waals surface area contributed by atoms with Crippen molar-refractivity contribution in [2.24, 2.45) is 5.92 Å². The molecule has 1 saturated heterocycles. The Labute approximate surface area is 124 Å². The molecular formula is C18H30N2. The van der Waals surface area contributed by atoms with Crippen LogP contribution in [0.1, 0.15) is 50.8 Å². The maximum Gasteiger partial charge on any atom is 0.0449 e. The topological polar surface area (TPSA) is 15.3 Å². The highest BCUT2D eigenvalue weighted by atomic mass is 15.2. The van der Waals surface area contributed by atoms with E-state index >= 15 is 0 Å². The SMILES string of the molecule is CCNC(CN1CCCC1C(C)C)c1ccc(C)cc1. The average Bonchev–Trinajstić information content (AvgIpc) is 2.87. The van der Waals surface area contributed by atoms with Gasteiger partial charge in [-0.15, -0.1) is 0 Å². The molecule has 0 aromatic heterocycles. The molecule has 0 radical (unpaired) electrons. The summed E-state index contributed by atoms with van der Waals surface area (Å²) in [5.74, 6) is 0.762. The number of likely N-dealkylation sites (N-methyl/N-ethyl adjacent to an activating group) is 1. The third kappa shape index (κ3) is 3.83. The van der Waals surface area contributed by atoms with E-state index in [9.17, 15) is 0 Å². The Bertz CT molecular complexity index is 396. The second kappa shape index (κ2) is 7.24. The van der Waals surface area contributed by atoms with E-state index in [0.717, 1.165) is 25.0 Å². The highest BCUT2D eigenvalue weighted by Gasteiger charge is 2.28. The molecule has 0 saturated carbocycles. The van der Waals surface area contributed by atoms with Gasteiger partial charge in [0.1, 0.15) is 0 Å². The predicted octanol–water partition coefficient (Wildman–Crippen LogP) is 3.77. The Hall–Kier alpha value is -0.860. The summed E-state index contributed by atoms with van der Waals surface area (Å²) in [4.78, 5) is 2.69. The van der Waals surface area contributed by atoms with Crippen LogP contribution in [0.2, 0.25) is 0 Å². The molecular weight excluding hydrogens is 244 g/mol. The van der Waals surface area contributed by atoms with Crippen molar-refractivity contribution in [2.45, 2.75) is 52.6 Å². The van der Waals surface area contributed by atoms with Crippen molar-refractivity contribution in [3.63, 3.8) is 0 Å². The summed E-state index contributed by atoms with van der Waals surface area (Å²) in [5, 5.41) is 3.66. The van der Waals surface area contributed by atoms with Crippen LogP contribution in [-0.2, 0) is 0 Å². The van der Waals surface area contributed by atoms with Gasteiger partial charge in [0.05, 0.1) is 0 Å². The Morgan fingerprint density at radius 1 is 1.25 bits per heavy atom. The molecule has 1 fully saturated rings. The van der Waals surface area contributed by atoms with Crippen molar-refractivity contribution in [2.75, 3.05) is 19.6 Å². The molecule has 1 N–H and O–H groups in total. The Balaban J connectivity index is 2.07. The van der Waals surface area contributed by atoms with Gasteiger partial charge in [0, 0.05) is 18.6 Å². The van der Waals surface area contributed by atoms with Crippen LogP contribution < -0.4 is 5.32 Å². The van der Waals surface area contributed by atoms with E-state index in [-0.39, 0.29) is 0 Å². The molecule has 2 unspecified atom stereocenters. The van der Waals surface area contributed by atoms with Gasteiger partial charge in [-0.1, -0.05) is 50.6 Å². The minimum Gasteiger partial charge on any atom is -0.309 e. The first kappa shape index (κ1) is 15.5. The van der Waals surface area contributed by atoms with E-state index in [1.165, 1.54) is 30.5 Å². The fraction of sp³-hybridized carbons (Fsp3) is 0.667. The van der Waals surface area contributed by atoms with Crippen LogP contribution in [0.4, 0.5) is 0 Å². The van der Waals surface area contributed by atoms with E-state index in [1.807, 2.05) is 0 Å². The predicted molar refractivity (Wildman–Crippen MR) is 87.0 cm³/mol. The third-order valence-corrected chi connectivity index (χ3v) is 4.53. The molecule has 2 rings (SSSR count). The number of nitrogens with one attached hydrogen (secondary N) is 1. The van der Waals surface area contributed by atoms with E-state index in [2.05, 4.69) is 62.2 Å². The fourth-order valence-electron chi connectivity index (χ4n) is 3.40. The van der Waals surface area contributed by atoms with Gasteiger partial charge >= 0.3 is 0 Å². The zero-order chi connectivity index (χ0) is 14.5. The lowest BCUT2D eigenvalue weighted by molar-refractivity contribution is 0.187. The molecule has 1 aromatic carbocycles. The normalized spacial score (nSPS) is 21.6. The van der Waals surface area contributed by atoms with Crippen LogP contribution in [0, 0.1) is 12.8 Å². The average molecular weight is 274 g/mol. The van der Waals surface area contributed by atoms with Crippen molar-refractivity contribution in [1.82, 2.24) is 10.2 Å². The maximum absolute atomic E-state index is 3.66. The van der Waals surface area contributed by atoms with Crippen molar-refractivity contribution >= 4 is 0 Å². The first-order valence-corrected chi connectivity index (χ1v) is 8.15. The number of aryl methyl sites for hydroxylation is 1. The molecule has 0 aliphatic carbocycles. The molecule has 1 aliphatic heterocycles. The van der Waals surface area contributed by atoms with E-state index in [4.69, 9.17) is 0 Å². The molecule has 2 heteroatoms. The largest absolute Gasteiger partial charge is 0.309 e. The highest BCUT2D eigenvalue weighted by molar-refractivity contribution is 5.24. The maximum atomic E-state index is 3.66. The molecule has 1 aliphatic rings. The number of hydrogen-bond donors (Lipinski definition) is 1. The number of likely N-dealkylation sites (tertiary alicyclic amines) is 1. The van der Waals surface area contributed by atoms with Gasteiger partial charge in [-0.2, -0.15) is 0 Å². The quantitative estimate of drug-likeness (QED) is 0.849. The fourth-order valence-corrected chi connectivity index (χ4v) is 3.40. The van der Waals surface area contributed by atoms with Crippen molar-refractivity contribution in [3.05, 3.63) is 35.4 Å². The van der Waals surface area contributed by atoms with Gasteiger partial charge in [0.15, 0.2) is 0 Å². The lowest BCUT2D eigenvalue weighted by atomic mass is 10.00. The number of hydrogen-bond acceptors (Lipinski definition) is 2. The summed E-state index contributed by atoms with van der Waals surface area (Å²) >= 11 is 0. The van der Waals surface area contributed by atoms with Crippen molar-refractivity contribution in [1.29, 1.82) is 0 Å². The molecule has 0 amide bonds. The molecule has 1 aromatic rings. The van der Waals surface area contributed by atoms with Crippen LogP contribution in [0.15, 0.2) is 24.3 Å². The van der Waals surface area contributed by atoms with E-state index in [1.54, 1.807) is 0 Å². The minimum absolute atomic E-state index is 0.458. The van der Waals surface area contributed by atoms with Gasteiger partial charge in [0.2, 0.25) is 0 Å². The van der Waals surface area contributed by atoms with Gasteiger partial charge in [-0.3, -0.25) is 4.90 Å². The zero-order valence-electron chi connectivity index (χ0n) is 13.5. The number of nitrogens with zero attached hydrogens (tertiary/aromatic N) is 1. The van der Waals surface area contributed by atoms with Gasteiger partial charge in [-0.05, 0) is 44.3 Å². The summed E-state index contributed by atoms with van der Waals surface area (Å²) < 4.78 is 0. The molecule has 1 heterocycles. The lowest BCUT2D eigenvalue weighted by Crippen LogP contribution is -2.40. The molecule has 112 valence electrons. The molecule has 0 bridgehead atoms. The summed E-state index contributed by atoms with van der Waals surface area (Å²) in [5.41, 5.74) is 2.76. The Morgan fingerprint density at radius 2 is 1.95 bits per heavy atom. The molecule has 2 atom stereocenters. The molecule has 20 heavy (non-hydrogen) atoms. The van der Waals surface area contributed by atoms with Gasteiger partial charge in [-0.25, -0.2) is 0 Å². The smallest absolute Gasteiger partial charge is 0.0449 e. The van der Waals surface area contributed by atoms with Crippen LogP contribution in [0.5, 0.6) is 0 Å². The van der Waals surface area contributed by atoms with Crippen LogP contribution in [0.3, 0.4) is 0 Å². The lowest BCUT2D eigenvalue weighted by Gasteiger charge is -2.31. The summed E-state index contributed by atoms with van der Waals surface area (Å²) in [6, 6.07) is 10.2. The monoisotopic (exact) mass is 274 g/mol. The van der Waals surface area contributed by atoms with E-state index < -0.39 is 0 Å². The summed E-state index contributed by atoms with van der Waals surface area (Å²) in [6.07, 6.45) is 2.72. The number of rotatable bonds is 6. The molecule has 0 spiro atoms. The highest BCUT2D eigenvalue weighted by Crippen LogP contribution is 2.26. The first-order valence-electron chi connectivity index (χ1n) is 8.15. The summed E-state index contributed by atoms with van der Waals surface area (Å²) in [7, 11) is 0. The zero-order valence-corrected chi connectivity index (χ0v) is 13.5. The van der Waals surface area contributed by atoms with Gasteiger partial charge in [0.25, 0.3) is 0 Å². The third-order valence-electron chi connectivity index (χ3n) is 4.53. The number of benzene rings is 1. The van der Waals surface area contributed by atoms with Crippen LogP contribution in [-0.4, -0.2) is 30.6 Å². The standard InChI is InChI=1S/C18H30N2/c1-5-19-17(16-10-8-15(4)9-11-16)13-20-12-6-7-18(20)14(2)3/h8-11,14,17-19H,5-7,12-13H2,1-4H3. The second-order valence-corrected chi connectivity index (χ2v) is 6.47. The van der Waals surface area contributed by atoms with E-state index in [0.29, 0.717) is 6.04 Å².